The minimum Gasteiger partial charge on any atom is -0.305 e. The van der Waals surface area contributed by atoms with Crippen LogP contribution in [0.3, 0.4) is 0 Å². The van der Waals surface area contributed by atoms with Gasteiger partial charge < -0.3 is 5.32 Å². The van der Waals surface area contributed by atoms with Crippen LogP contribution >= 0.6 is 0 Å². The Morgan fingerprint density at radius 2 is 2.13 bits per heavy atom. The van der Waals surface area contributed by atoms with Crippen LogP contribution in [0.1, 0.15) is 51.9 Å². The Labute approximate surface area is 90.2 Å². The Morgan fingerprint density at radius 1 is 1.40 bits per heavy atom. The maximum atomic E-state index is 4.06. The highest BCUT2D eigenvalue weighted by molar-refractivity contribution is 4.88. The molecule has 0 aliphatic heterocycles. The molecule has 1 saturated carbocycles. The second-order valence-corrected chi connectivity index (χ2v) is 5.23. The molecule has 1 aromatic rings. The molecule has 0 radical (unpaired) electrons. The zero-order valence-corrected chi connectivity index (χ0v) is 9.69. The highest BCUT2D eigenvalue weighted by atomic mass is 15.6. The van der Waals surface area contributed by atoms with Gasteiger partial charge in [0.15, 0.2) is 5.82 Å². The van der Waals surface area contributed by atoms with Crippen molar-refractivity contribution in [2.24, 2.45) is 0 Å². The lowest BCUT2D eigenvalue weighted by atomic mass is 9.93. The lowest BCUT2D eigenvalue weighted by Crippen LogP contribution is -2.36. The van der Waals surface area contributed by atoms with Crippen molar-refractivity contribution < 1.29 is 0 Å². The highest BCUT2D eigenvalue weighted by Gasteiger charge is 2.23. The molecule has 0 unspecified atom stereocenters. The summed E-state index contributed by atoms with van der Waals surface area (Å²) in [4.78, 5) is 0. The van der Waals surface area contributed by atoms with Crippen LogP contribution in [0.25, 0.3) is 0 Å². The summed E-state index contributed by atoms with van der Waals surface area (Å²) in [6.07, 6.45) is 3.73. The lowest BCUT2D eigenvalue weighted by molar-refractivity contribution is 0.272. The standard InChI is InChI=1S/C10H19N5/c1-10(2,3)11-7-9-12-13-14-15(9)8-5-4-6-8/h8,11H,4-7H2,1-3H3. The smallest absolute Gasteiger partial charge is 0.165 e. The molecule has 5 nitrogen and oxygen atoms in total. The summed E-state index contributed by atoms with van der Waals surface area (Å²) in [5, 5.41) is 15.3. The van der Waals surface area contributed by atoms with E-state index in [9.17, 15) is 0 Å². The molecule has 0 amide bonds. The molecule has 2 rings (SSSR count). The van der Waals surface area contributed by atoms with Crippen LogP contribution in [-0.4, -0.2) is 25.7 Å². The summed E-state index contributed by atoms with van der Waals surface area (Å²) in [6, 6.07) is 0.539. The number of tetrazole rings is 1. The average molecular weight is 209 g/mol. The predicted octanol–water partition coefficient (Wildman–Crippen LogP) is 1.29. The molecule has 5 heteroatoms. The van der Waals surface area contributed by atoms with E-state index in [0.29, 0.717) is 6.04 Å². The van der Waals surface area contributed by atoms with E-state index in [1.54, 1.807) is 0 Å². The largest absolute Gasteiger partial charge is 0.305 e. The zero-order chi connectivity index (χ0) is 10.9. The Morgan fingerprint density at radius 3 is 2.67 bits per heavy atom. The van der Waals surface area contributed by atoms with Crippen LogP contribution in [0, 0.1) is 0 Å². The third-order valence-corrected chi connectivity index (χ3v) is 2.76. The molecule has 0 spiro atoms. The Bertz CT molecular complexity index is 321. The molecule has 1 N–H and O–H groups in total. The van der Waals surface area contributed by atoms with E-state index in [-0.39, 0.29) is 5.54 Å². The summed E-state index contributed by atoms with van der Waals surface area (Å²) < 4.78 is 1.97. The molecule has 1 fully saturated rings. The first kappa shape index (κ1) is 10.5. The van der Waals surface area contributed by atoms with Crippen molar-refractivity contribution in [1.82, 2.24) is 25.5 Å². The minimum absolute atomic E-state index is 0.108. The molecule has 1 aromatic heterocycles. The van der Waals surface area contributed by atoms with Crippen LogP contribution in [0.2, 0.25) is 0 Å². The molecule has 84 valence electrons. The van der Waals surface area contributed by atoms with Crippen molar-refractivity contribution in [1.29, 1.82) is 0 Å². The van der Waals surface area contributed by atoms with Gasteiger partial charge in [-0.3, -0.25) is 0 Å². The summed E-state index contributed by atoms with van der Waals surface area (Å²) in [5.74, 6) is 0.953. The maximum Gasteiger partial charge on any atom is 0.165 e. The van der Waals surface area contributed by atoms with Gasteiger partial charge in [-0.15, -0.1) is 5.10 Å². The van der Waals surface area contributed by atoms with Crippen LogP contribution in [-0.2, 0) is 6.54 Å². The van der Waals surface area contributed by atoms with Crippen molar-refractivity contribution >= 4 is 0 Å². The van der Waals surface area contributed by atoms with Gasteiger partial charge in [0.05, 0.1) is 12.6 Å². The van der Waals surface area contributed by atoms with Gasteiger partial charge in [-0.1, -0.05) is 0 Å². The molecular formula is C10H19N5. The Balaban J connectivity index is 1.98. The summed E-state index contributed by atoms with van der Waals surface area (Å²) in [5.41, 5.74) is 0.108. The van der Waals surface area contributed by atoms with Crippen molar-refractivity contribution in [3.8, 4) is 0 Å². The van der Waals surface area contributed by atoms with E-state index in [1.807, 2.05) is 4.68 Å². The number of aromatic nitrogens is 4. The summed E-state index contributed by atoms with van der Waals surface area (Å²) in [7, 11) is 0. The number of nitrogens with one attached hydrogen (secondary N) is 1. The van der Waals surface area contributed by atoms with Crippen LogP contribution in [0.15, 0.2) is 0 Å². The van der Waals surface area contributed by atoms with Crippen LogP contribution in [0.5, 0.6) is 0 Å². The predicted molar refractivity (Wildman–Crippen MR) is 57.3 cm³/mol. The topological polar surface area (TPSA) is 55.6 Å². The number of hydrogen-bond donors (Lipinski definition) is 1. The third kappa shape index (κ3) is 2.53. The van der Waals surface area contributed by atoms with Gasteiger partial charge in [-0.05, 0) is 50.5 Å². The number of nitrogens with zero attached hydrogens (tertiary/aromatic N) is 4. The first-order valence-electron chi connectivity index (χ1n) is 5.58. The zero-order valence-electron chi connectivity index (χ0n) is 9.69. The maximum absolute atomic E-state index is 4.06. The van der Waals surface area contributed by atoms with E-state index in [2.05, 4.69) is 41.6 Å². The average Bonchev–Trinajstić information content (AvgIpc) is 2.44. The summed E-state index contributed by atoms with van der Waals surface area (Å²) in [6.45, 7) is 7.17. The molecule has 1 aliphatic rings. The molecule has 0 atom stereocenters. The lowest BCUT2D eigenvalue weighted by Gasteiger charge is -2.27. The van der Waals surface area contributed by atoms with Crippen molar-refractivity contribution in [2.45, 2.75) is 58.2 Å². The molecule has 15 heavy (non-hydrogen) atoms. The van der Waals surface area contributed by atoms with Crippen LogP contribution < -0.4 is 5.32 Å². The van der Waals surface area contributed by atoms with Crippen molar-refractivity contribution in [3.63, 3.8) is 0 Å². The van der Waals surface area contributed by atoms with Crippen molar-refractivity contribution in [2.75, 3.05) is 0 Å². The fourth-order valence-corrected chi connectivity index (χ4v) is 1.59. The fourth-order valence-electron chi connectivity index (χ4n) is 1.59. The normalized spacial score (nSPS) is 17.8. The van der Waals surface area contributed by atoms with E-state index >= 15 is 0 Å². The molecule has 1 aliphatic carbocycles. The second kappa shape index (κ2) is 3.89. The van der Waals surface area contributed by atoms with Gasteiger partial charge in [0.2, 0.25) is 0 Å². The monoisotopic (exact) mass is 209 g/mol. The van der Waals surface area contributed by atoms with E-state index in [4.69, 9.17) is 0 Å². The highest BCUT2D eigenvalue weighted by Crippen LogP contribution is 2.31. The van der Waals surface area contributed by atoms with Gasteiger partial charge >= 0.3 is 0 Å². The molecule has 0 bridgehead atoms. The van der Waals surface area contributed by atoms with Crippen molar-refractivity contribution in [3.05, 3.63) is 5.82 Å². The van der Waals surface area contributed by atoms with Gasteiger partial charge in [0, 0.05) is 5.54 Å². The molecular weight excluding hydrogens is 190 g/mol. The van der Waals surface area contributed by atoms with Gasteiger partial charge in [0.25, 0.3) is 0 Å². The number of rotatable bonds is 3. The molecule has 1 heterocycles. The van der Waals surface area contributed by atoms with E-state index in [1.165, 1.54) is 19.3 Å². The van der Waals surface area contributed by atoms with Gasteiger partial charge in [-0.2, -0.15) is 0 Å². The van der Waals surface area contributed by atoms with E-state index < -0.39 is 0 Å². The second-order valence-electron chi connectivity index (χ2n) is 5.23. The Hall–Kier alpha value is -0.970. The van der Waals surface area contributed by atoms with E-state index in [0.717, 1.165) is 12.4 Å². The fraction of sp³-hybridized carbons (Fsp3) is 0.900. The van der Waals surface area contributed by atoms with Gasteiger partial charge in [0.1, 0.15) is 0 Å². The first-order valence-corrected chi connectivity index (χ1v) is 5.58. The quantitative estimate of drug-likeness (QED) is 0.815. The first-order chi connectivity index (χ1) is 7.06. The van der Waals surface area contributed by atoms with Gasteiger partial charge in [-0.25, -0.2) is 4.68 Å². The SMILES string of the molecule is CC(C)(C)NCc1nnnn1C1CCC1. The molecule has 0 saturated heterocycles. The molecule has 0 aromatic carbocycles. The number of hydrogen-bond acceptors (Lipinski definition) is 4. The third-order valence-electron chi connectivity index (χ3n) is 2.76. The Kier molecular flexibility index (Phi) is 2.73. The summed E-state index contributed by atoms with van der Waals surface area (Å²) >= 11 is 0. The minimum atomic E-state index is 0.108. The van der Waals surface area contributed by atoms with Crippen LogP contribution in [0.4, 0.5) is 0 Å².